The largest absolute Gasteiger partial charge is 0.492 e. The highest BCUT2D eigenvalue weighted by Gasteiger charge is 2.41. The number of alkyl halides is 1. The van der Waals surface area contributed by atoms with Crippen LogP contribution in [-0.2, 0) is 0 Å². The van der Waals surface area contributed by atoms with E-state index < -0.39 is 35.0 Å². The standard InChI is InChI=1S/C14H12F2N2O4/c1-22-13-7(16)2-8(17)10-11(13)18(9-3-6(9)15)4-5(12(10)19)14(20)21/h2,4,6,9H,3,17H2,1H3,(H,20,21)/t6-,9-/m1/s1. The molecule has 0 saturated heterocycles. The fourth-order valence-corrected chi connectivity index (χ4v) is 2.57. The Bertz CT molecular complexity index is 862. The number of nitrogens with two attached hydrogens (primary N) is 1. The molecule has 1 aliphatic carbocycles. The summed E-state index contributed by atoms with van der Waals surface area (Å²) >= 11 is 0. The Kier molecular flexibility index (Phi) is 3.05. The van der Waals surface area contributed by atoms with Crippen molar-refractivity contribution in [1.82, 2.24) is 4.57 Å². The number of rotatable bonds is 3. The highest BCUT2D eigenvalue weighted by molar-refractivity contribution is 5.99. The fourth-order valence-electron chi connectivity index (χ4n) is 2.57. The van der Waals surface area contributed by atoms with Crippen LogP contribution in [0.2, 0.25) is 0 Å². The van der Waals surface area contributed by atoms with Crippen LogP contribution >= 0.6 is 0 Å². The number of carboxylic acid groups (broad SMARTS) is 1. The van der Waals surface area contributed by atoms with Crippen LogP contribution in [0.25, 0.3) is 10.9 Å². The number of nitrogen functional groups attached to an aromatic ring is 1. The number of benzene rings is 1. The van der Waals surface area contributed by atoms with Crippen molar-refractivity contribution in [2.24, 2.45) is 0 Å². The molecule has 22 heavy (non-hydrogen) atoms. The molecule has 0 aliphatic heterocycles. The van der Waals surface area contributed by atoms with Crippen molar-refractivity contribution in [2.75, 3.05) is 12.8 Å². The molecule has 3 rings (SSSR count). The lowest BCUT2D eigenvalue weighted by molar-refractivity contribution is 0.0694. The Morgan fingerprint density at radius 1 is 1.55 bits per heavy atom. The molecule has 0 bridgehead atoms. The van der Waals surface area contributed by atoms with E-state index in [0.717, 1.165) is 12.3 Å². The van der Waals surface area contributed by atoms with Crippen molar-refractivity contribution in [3.8, 4) is 5.75 Å². The summed E-state index contributed by atoms with van der Waals surface area (Å²) in [6, 6.07) is 0.217. The average Bonchev–Trinajstić information content (AvgIpc) is 3.15. The van der Waals surface area contributed by atoms with Gasteiger partial charge in [0.2, 0.25) is 5.43 Å². The lowest BCUT2D eigenvalue weighted by atomic mass is 10.1. The molecule has 1 fully saturated rings. The summed E-state index contributed by atoms with van der Waals surface area (Å²) in [7, 11) is 1.20. The Hall–Kier alpha value is -2.64. The molecule has 3 N–H and O–H groups in total. The number of fused-ring (bicyclic) bond motifs is 1. The second-order valence-electron chi connectivity index (χ2n) is 5.11. The van der Waals surface area contributed by atoms with Gasteiger partial charge in [-0.2, -0.15) is 0 Å². The lowest BCUT2D eigenvalue weighted by Gasteiger charge is -2.16. The lowest BCUT2D eigenvalue weighted by Crippen LogP contribution is -2.20. The van der Waals surface area contributed by atoms with Gasteiger partial charge in [0.25, 0.3) is 0 Å². The molecule has 0 unspecified atom stereocenters. The van der Waals surface area contributed by atoms with Gasteiger partial charge in [0, 0.05) is 24.4 Å². The predicted octanol–water partition coefficient (Wildman–Crippen LogP) is 1.71. The Labute approximate surface area is 122 Å². The van der Waals surface area contributed by atoms with Gasteiger partial charge in [-0.15, -0.1) is 0 Å². The van der Waals surface area contributed by atoms with Crippen molar-refractivity contribution < 1.29 is 23.4 Å². The fraction of sp³-hybridized carbons (Fsp3) is 0.286. The normalized spacial score (nSPS) is 20.1. The smallest absolute Gasteiger partial charge is 0.341 e. The second-order valence-corrected chi connectivity index (χ2v) is 5.11. The first-order valence-corrected chi connectivity index (χ1v) is 6.45. The highest BCUT2D eigenvalue weighted by Crippen LogP contribution is 2.43. The third-order valence-electron chi connectivity index (χ3n) is 3.71. The molecule has 1 heterocycles. The molecule has 1 aliphatic rings. The summed E-state index contributed by atoms with van der Waals surface area (Å²) in [6.45, 7) is 0. The predicted molar refractivity (Wildman–Crippen MR) is 74.6 cm³/mol. The second kappa shape index (κ2) is 4.69. The molecule has 0 amide bonds. The van der Waals surface area contributed by atoms with Crippen LogP contribution < -0.4 is 15.9 Å². The van der Waals surface area contributed by atoms with E-state index in [4.69, 9.17) is 15.6 Å². The van der Waals surface area contributed by atoms with Crippen molar-refractivity contribution in [3.63, 3.8) is 0 Å². The molecule has 1 aromatic carbocycles. The SMILES string of the molecule is COc1c(F)cc(N)c2c(=O)c(C(=O)O)cn([C@@H]3C[C@H]3F)c12. The van der Waals surface area contributed by atoms with Crippen molar-refractivity contribution in [3.05, 3.63) is 33.9 Å². The van der Waals surface area contributed by atoms with Gasteiger partial charge >= 0.3 is 5.97 Å². The van der Waals surface area contributed by atoms with Crippen LogP contribution in [0.5, 0.6) is 5.75 Å². The van der Waals surface area contributed by atoms with E-state index in [1.54, 1.807) is 0 Å². The van der Waals surface area contributed by atoms with Gasteiger partial charge in [0.05, 0.1) is 18.5 Å². The van der Waals surface area contributed by atoms with Crippen molar-refractivity contribution in [1.29, 1.82) is 0 Å². The van der Waals surface area contributed by atoms with Crippen LogP contribution in [0.15, 0.2) is 17.1 Å². The summed E-state index contributed by atoms with van der Waals surface area (Å²) in [5, 5.41) is 8.95. The van der Waals surface area contributed by atoms with Crippen LogP contribution in [0, 0.1) is 5.82 Å². The van der Waals surface area contributed by atoms with E-state index >= 15 is 0 Å². The molecule has 1 saturated carbocycles. The third-order valence-corrected chi connectivity index (χ3v) is 3.71. The van der Waals surface area contributed by atoms with Gasteiger partial charge in [-0.1, -0.05) is 0 Å². The number of halogens is 2. The van der Waals surface area contributed by atoms with Crippen LogP contribution in [-0.4, -0.2) is 28.9 Å². The number of ether oxygens (including phenoxy) is 1. The molecule has 1 aromatic heterocycles. The Morgan fingerprint density at radius 2 is 2.18 bits per heavy atom. The number of aromatic nitrogens is 1. The number of anilines is 1. The van der Waals surface area contributed by atoms with Gasteiger partial charge in [0.15, 0.2) is 11.6 Å². The van der Waals surface area contributed by atoms with Crippen LogP contribution in [0.3, 0.4) is 0 Å². The number of aromatic carboxylic acids is 1. The van der Waals surface area contributed by atoms with E-state index in [0.29, 0.717) is 0 Å². The van der Waals surface area contributed by atoms with E-state index in [-0.39, 0.29) is 28.8 Å². The summed E-state index contributed by atoms with van der Waals surface area (Å²) in [5.74, 6) is -2.53. The summed E-state index contributed by atoms with van der Waals surface area (Å²) in [6.07, 6.45) is -0.0311. The average molecular weight is 310 g/mol. The molecule has 116 valence electrons. The Balaban J connectivity index is 2.52. The number of carboxylic acids is 1. The quantitative estimate of drug-likeness (QED) is 0.842. The highest BCUT2D eigenvalue weighted by atomic mass is 19.1. The minimum absolute atomic E-state index is 0.0276. The first-order valence-electron chi connectivity index (χ1n) is 6.45. The van der Waals surface area contributed by atoms with E-state index in [9.17, 15) is 18.4 Å². The van der Waals surface area contributed by atoms with Gasteiger partial charge in [-0.05, 0) is 0 Å². The third kappa shape index (κ3) is 1.91. The number of hydrogen-bond donors (Lipinski definition) is 2. The molecule has 0 spiro atoms. The molecule has 2 aromatic rings. The number of pyridine rings is 1. The topological polar surface area (TPSA) is 94.6 Å². The molecular weight excluding hydrogens is 298 g/mol. The minimum atomic E-state index is -1.46. The molecule has 8 heteroatoms. The van der Waals surface area contributed by atoms with Crippen LogP contribution in [0.4, 0.5) is 14.5 Å². The van der Waals surface area contributed by atoms with E-state index in [1.807, 2.05) is 0 Å². The number of hydrogen-bond acceptors (Lipinski definition) is 4. The molecule has 0 radical (unpaired) electrons. The Morgan fingerprint density at radius 3 is 2.68 bits per heavy atom. The summed E-state index contributed by atoms with van der Waals surface area (Å²) < 4.78 is 33.6. The number of methoxy groups -OCH3 is 1. The van der Waals surface area contributed by atoms with Gasteiger partial charge in [0.1, 0.15) is 17.3 Å². The first kappa shape index (κ1) is 14.3. The van der Waals surface area contributed by atoms with Crippen LogP contribution in [0.1, 0.15) is 22.8 Å². The zero-order chi connectivity index (χ0) is 16.2. The maximum absolute atomic E-state index is 14.0. The zero-order valence-corrected chi connectivity index (χ0v) is 11.5. The minimum Gasteiger partial charge on any atom is -0.492 e. The monoisotopic (exact) mass is 310 g/mol. The van der Waals surface area contributed by atoms with E-state index in [1.165, 1.54) is 11.7 Å². The molecular formula is C14H12F2N2O4. The summed E-state index contributed by atoms with van der Waals surface area (Å²) in [5.41, 5.74) is 4.03. The first-order chi connectivity index (χ1) is 10.4. The van der Waals surface area contributed by atoms with Crippen molar-refractivity contribution >= 4 is 22.6 Å². The van der Waals surface area contributed by atoms with Crippen molar-refractivity contribution in [2.45, 2.75) is 18.6 Å². The summed E-state index contributed by atoms with van der Waals surface area (Å²) in [4.78, 5) is 23.5. The van der Waals surface area contributed by atoms with E-state index in [2.05, 4.69) is 0 Å². The zero-order valence-electron chi connectivity index (χ0n) is 11.5. The van der Waals surface area contributed by atoms with Gasteiger partial charge in [-0.3, -0.25) is 4.79 Å². The number of carbonyl (C=O) groups is 1. The maximum Gasteiger partial charge on any atom is 0.341 e. The molecule has 6 nitrogen and oxygen atoms in total. The molecule has 2 atom stereocenters. The number of nitrogens with zero attached hydrogens (tertiary/aromatic N) is 1. The van der Waals surface area contributed by atoms with Gasteiger partial charge in [-0.25, -0.2) is 13.6 Å². The van der Waals surface area contributed by atoms with Gasteiger partial charge < -0.3 is 20.1 Å². The maximum atomic E-state index is 14.0.